The molecule has 1 heterocycles. The van der Waals surface area contributed by atoms with Gasteiger partial charge in [0.25, 0.3) is 0 Å². The molecular weight excluding hydrogens is 114 g/mol. The SMILES string of the molecule is CCNCc1cn[nH]c1. The molecule has 0 aliphatic rings. The van der Waals surface area contributed by atoms with Crippen LogP contribution in [0.1, 0.15) is 12.5 Å². The summed E-state index contributed by atoms with van der Waals surface area (Å²) in [5.74, 6) is 0. The highest BCUT2D eigenvalue weighted by molar-refractivity contribution is 5.01. The van der Waals surface area contributed by atoms with Crippen molar-refractivity contribution >= 4 is 0 Å². The molecule has 0 unspecified atom stereocenters. The van der Waals surface area contributed by atoms with Gasteiger partial charge in [-0.05, 0) is 6.54 Å². The second-order valence-electron chi connectivity index (χ2n) is 1.89. The average Bonchev–Trinajstić information content (AvgIpc) is 2.34. The van der Waals surface area contributed by atoms with Gasteiger partial charge in [-0.1, -0.05) is 6.92 Å². The summed E-state index contributed by atoms with van der Waals surface area (Å²) in [6.07, 6.45) is 3.71. The minimum absolute atomic E-state index is 0.910. The predicted molar refractivity (Wildman–Crippen MR) is 36.0 cm³/mol. The first-order valence-electron chi connectivity index (χ1n) is 3.12. The van der Waals surface area contributed by atoms with Crippen molar-refractivity contribution in [1.82, 2.24) is 15.5 Å². The van der Waals surface area contributed by atoms with Gasteiger partial charge in [-0.25, -0.2) is 0 Å². The standard InChI is InChI=1S/C6H11N3/c1-2-7-3-6-4-8-9-5-6/h4-5,7H,2-3H2,1H3,(H,8,9). The second-order valence-corrected chi connectivity index (χ2v) is 1.89. The number of hydrogen-bond donors (Lipinski definition) is 2. The van der Waals surface area contributed by atoms with E-state index in [4.69, 9.17) is 0 Å². The van der Waals surface area contributed by atoms with Crippen LogP contribution in [0.2, 0.25) is 0 Å². The maximum absolute atomic E-state index is 3.81. The Morgan fingerprint density at radius 2 is 2.67 bits per heavy atom. The molecule has 1 aromatic rings. The monoisotopic (exact) mass is 125 g/mol. The molecule has 0 fully saturated rings. The van der Waals surface area contributed by atoms with Crippen LogP contribution in [0.15, 0.2) is 12.4 Å². The van der Waals surface area contributed by atoms with E-state index >= 15 is 0 Å². The van der Waals surface area contributed by atoms with Crippen molar-refractivity contribution in [1.29, 1.82) is 0 Å². The van der Waals surface area contributed by atoms with Crippen molar-refractivity contribution in [3.63, 3.8) is 0 Å². The lowest BCUT2D eigenvalue weighted by atomic mass is 10.4. The van der Waals surface area contributed by atoms with Crippen LogP contribution in [0.25, 0.3) is 0 Å². The summed E-state index contributed by atoms with van der Waals surface area (Å²) < 4.78 is 0. The van der Waals surface area contributed by atoms with Gasteiger partial charge in [-0.2, -0.15) is 5.10 Å². The molecule has 0 aliphatic heterocycles. The van der Waals surface area contributed by atoms with E-state index in [0.717, 1.165) is 13.1 Å². The van der Waals surface area contributed by atoms with E-state index < -0.39 is 0 Å². The summed E-state index contributed by atoms with van der Waals surface area (Å²) in [5, 5.41) is 9.75. The quantitative estimate of drug-likeness (QED) is 0.618. The van der Waals surface area contributed by atoms with Gasteiger partial charge >= 0.3 is 0 Å². The van der Waals surface area contributed by atoms with E-state index in [2.05, 4.69) is 22.4 Å². The maximum Gasteiger partial charge on any atom is 0.0532 e. The van der Waals surface area contributed by atoms with E-state index in [1.54, 1.807) is 0 Å². The minimum atomic E-state index is 0.910. The zero-order chi connectivity index (χ0) is 6.53. The summed E-state index contributed by atoms with van der Waals surface area (Å²) in [5.41, 5.74) is 1.21. The van der Waals surface area contributed by atoms with Crippen LogP contribution >= 0.6 is 0 Å². The Morgan fingerprint density at radius 1 is 1.78 bits per heavy atom. The molecular formula is C6H11N3. The van der Waals surface area contributed by atoms with E-state index in [0.29, 0.717) is 0 Å². The Kier molecular flexibility index (Phi) is 2.27. The number of aromatic nitrogens is 2. The summed E-state index contributed by atoms with van der Waals surface area (Å²) in [6, 6.07) is 0. The molecule has 0 amide bonds. The lowest BCUT2D eigenvalue weighted by Crippen LogP contribution is -2.10. The highest BCUT2D eigenvalue weighted by Crippen LogP contribution is 1.90. The zero-order valence-electron chi connectivity index (χ0n) is 5.52. The number of hydrogen-bond acceptors (Lipinski definition) is 2. The fraction of sp³-hybridized carbons (Fsp3) is 0.500. The smallest absolute Gasteiger partial charge is 0.0532 e. The van der Waals surface area contributed by atoms with Gasteiger partial charge in [0, 0.05) is 18.3 Å². The second kappa shape index (κ2) is 3.25. The molecule has 2 N–H and O–H groups in total. The number of nitrogens with zero attached hydrogens (tertiary/aromatic N) is 1. The number of rotatable bonds is 3. The third kappa shape index (κ3) is 1.85. The highest BCUT2D eigenvalue weighted by Gasteiger charge is 1.88. The van der Waals surface area contributed by atoms with Crippen LogP contribution in [0.5, 0.6) is 0 Å². The van der Waals surface area contributed by atoms with Gasteiger partial charge in [0.15, 0.2) is 0 Å². The van der Waals surface area contributed by atoms with E-state index in [1.165, 1.54) is 5.56 Å². The summed E-state index contributed by atoms with van der Waals surface area (Å²) in [7, 11) is 0. The summed E-state index contributed by atoms with van der Waals surface area (Å²) in [6.45, 7) is 4.00. The van der Waals surface area contributed by atoms with Crippen LogP contribution < -0.4 is 5.32 Å². The first-order valence-corrected chi connectivity index (χ1v) is 3.12. The Balaban J connectivity index is 2.30. The lowest BCUT2D eigenvalue weighted by Gasteiger charge is -1.94. The van der Waals surface area contributed by atoms with Crippen LogP contribution in [-0.2, 0) is 6.54 Å². The van der Waals surface area contributed by atoms with Crippen molar-refractivity contribution in [2.75, 3.05) is 6.54 Å². The molecule has 0 aromatic carbocycles. The average molecular weight is 125 g/mol. The molecule has 1 rings (SSSR count). The van der Waals surface area contributed by atoms with E-state index in [9.17, 15) is 0 Å². The maximum atomic E-state index is 3.81. The van der Waals surface area contributed by atoms with Gasteiger partial charge in [0.1, 0.15) is 0 Å². The Bertz CT molecular complexity index is 145. The van der Waals surface area contributed by atoms with E-state index in [1.807, 2.05) is 12.4 Å². The molecule has 1 aromatic heterocycles. The van der Waals surface area contributed by atoms with Crippen molar-refractivity contribution in [2.45, 2.75) is 13.5 Å². The Hall–Kier alpha value is -0.830. The van der Waals surface area contributed by atoms with Crippen LogP contribution in [0, 0.1) is 0 Å². The molecule has 0 bridgehead atoms. The minimum Gasteiger partial charge on any atom is -0.313 e. The molecule has 50 valence electrons. The molecule has 0 radical (unpaired) electrons. The van der Waals surface area contributed by atoms with Gasteiger partial charge in [-0.3, -0.25) is 5.10 Å². The van der Waals surface area contributed by atoms with Gasteiger partial charge < -0.3 is 5.32 Å². The third-order valence-corrected chi connectivity index (χ3v) is 1.13. The molecule has 3 heteroatoms. The van der Waals surface area contributed by atoms with Crippen molar-refractivity contribution in [2.24, 2.45) is 0 Å². The van der Waals surface area contributed by atoms with Crippen LogP contribution in [-0.4, -0.2) is 16.7 Å². The number of H-pyrrole nitrogens is 1. The fourth-order valence-corrected chi connectivity index (χ4v) is 0.644. The Morgan fingerprint density at radius 3 is 3.22 bits per heavy atom. The molecule has 0 saturated heterocycles. The Labute approximate surface area is 54.5 Å². The first-order chi connectivity index (χ1) is 4.43. The van der Waals surface area contributed by atoms with Crippen LogP contribution in [0.4, 0.5) is 0 Å². The summed E-state index contributed by atoms with van der Waals surface area (Å²) in [4.78, 5) is 0. The van der Waals surface area contributed by atoms with Gasteiger partial charge in [0.2, 0.25) is 0 Å². The van der Waals surface area contributed by atoms with Gasteiger partial charge in [-0.15, -0.1) is 0 Å². The third-order valence-electron chi connectivity index (χ3n) is 1.13. The number of nitrogens with one attached hydrogen (secondary N) is 2. The molecule has 0 aliphatic carbocycles. The zero-order valence-corrected chi connectivity index (χ0v) is 5.52. The van der Waals surface area contributed by atoms with Crippen molar-refractivity contribution in [3.8, 4) is 0 Å². The normalized spacial score (nSPS) is 9.89. The molecule has 0 saturated carbocycles. The highest BCUT2D eigenvalue weighted by atomic mass is 15.1. The van der Waals surface area contributed by atoms with Crippen molar-refractivity contribution < 1.29 is 0 Å². The van der Waals surface area contributed by atoms with Gasteiger partial charge in [0.05, 0.1) is 6.20 Å². The molecule has 0 spiro atoms. The fourth-order valence-electron chi connectivity index (χ4n) is 0.644. The lowest BCUT2D eigenvalue weighted by molar-refractivity contribution is 0.727. The predicted octanol–water partition coefficient (Wildman–Crippen LogP) is 0.519. The van der Waals surface area contributed by atoms with Crippen molar-refractivity contribution in [3.05, 3.63) is 18.0 Å². The van der Waals surface area contributed by atoms with E-state index in [-0.39, 0.29) is 0 Å². The summed E-state index contributed by atoms with van der Waals surface area (Å²) >= 11 is 0. The van der Waals surface area contributed by atoms with Crippen LogP contribution in [0.3, 0.4) is 0 Å². The molecule has 3 nitrogen and oxygen atoms in total. The topological polar surface area (TPSA) is 40.7 Å². The first kappa shape index (κ1) is 6.29. The number of aromatic amines is 1. The molecule has 9 heavy (non-hydrogen) atoms. The largest absolute Gasteiger partial charge is 0.313 e. The molecule has 0 atom stereocenters.